The van der Waals surface area contributed by atoms with E-state index in [1.54, 1.807) is 31.2 Å². The Labute approximate surface area is 213 Å². The summed E-state index contributed by atoms with van der Waals surface area (Å²) in [5.41, 5.74) is 0.657. The third-order valence-corrected chi connectivity index (χ3v) is 8.19. The smallest absolute Gasteiger partial charge is 0.416 e. The second-order valence-electron chi connectivity index (χ2n) is 10.0. The van der Waals surface area contributed by atoms with Crippen LogP contribution >= 0.6 is 0 Å². The summed E-state index contributed by atoms with van der Waals surface area (Å²) in [5.74, 6) is -1.68. The van der Waals surface area contributed by atoms with Crippen LogP contribution < -0.4 is 0 Å². The van der Waals surface area contributed by atoms with Gasteiger partial charge in [-0.15, -0.1) is 0 Å². The molecule has 1 atom stereocenters. The van der Waals surface area contributed by atoms with E-state index in [-0.39, 0.29) is 32.5 Å². The van der Waals surface area contributed by atoms with Gasteiger partial charge >= 0.3 is 12.1 Å². The lowest BCUT2D eigenvalue weighted by atomic mass is 9.87. The topological polar surface area (TPSA) is 76.4 Å². The number of hydrogen-bond donors (Lipinski definition) is 1. The number of alkyl halides is 3. The molecule has 1 heterocycles. The van der Waals surface area contributed by atoms with Gasteiger partial charge in [0.25, 0.3) is 10.0 Å². The molecule has 0 radical (unpaired) electrons. The number of halogens is 3. The zero-order valence-corrected chi connectivity index (χ0v) is 21.5. The highest BCUT2D eigenvalue weighted by Gasteiger charge is 2.33. The van der Waals surface area contributed by atoms with Crippen LogP contribution in [-0.4, -0.2) is 23.5 Å². The predicted molar refractivity (Wildman–Crippen MR) is 136 cm³/mol. The Hall–Kier alpha value is -3.59. The van der Waals surface area contributed by atoms with Crippen molar-refractivity contribution in [2.24, 2.45) is 0 Å². The highest BCUT2D eigenvalue weighted by atomic mass is 32.2. The number of benzene rings is 3. The molecule has 0 aliphatic rings. The molecular weight excluding hydrogens is 503 g/mol. The van der Waals surface area contributed by atoms with Crippen LogP contribution in [0.3, 0.4) is 0 Å². The average Bonchev–Trinajstić information content (AvgIpc) is 3.22. The summed E-state index contributed by atoms with van der Waals surface area (Å²) in [6.07, 6.45) is -4.59. The van der Waals surface area contributed by atoms with Crippen LogP contribution in [0.15, 0.2) is 77.7 Å². The first-order valence-corrected chi connectivity index (χ1v) is 13.0. The van der Waals surface area contributed by atoms with E-state index in [0.717, 1.165) is 21.7 Å². The van der Waals surface area contributed by atoms with Gasteiger partial charge in [-0.2, -0.15) is 13.2 Å². The van der Waals surface area contributed by atoms with Crippen molar-refractivity contribution >= 4 is 26.9 Å². The van der Waals surface area contributed by atoms with Crippen LogP contribution in [0.1, 0.15) is 66.4 Å². The van der Waals surface area contributed by atoms with Crippen LogP contribution in [-0.2, 0) is 21.6 Å². The Bertz CT molecular complexity index is 1600. The van der Waals surface area contributed by atoms with Gasteiger partial charge in [-0.3, -0.25) is 0 Å². The first kappa shape index (κ1) is 26.5. The highest BCUT2D eigenvalue weighted by molar-refractivity contribution is 7.90. The van der Waals surface area contributed by atoms with E-state index in [2.05, 4.69) is 0 Å². The molecule has 37 heavy (non-hydrogen) atoms. The number of carbonyl (C=O) groups is 1. The van der Waals surface area contributed by atoms with E-state index in [0.29, 0.717) is 5.56 Å². The maximum atomic E-state index is 14.0. The highest BCUT2D eigenvalue weighted by Crippen LogP contribution is 2.37. The van der Waals surface area contributed by atoms with E-state index in [1.807, 2.05) is 26.8 Å². The molecule has 0 unspecified atom stereocenters. The Morgan fingerprint density at radius 2 is 1.54 bits per heavy atom. The molecule has 3 aromatic carbocycles. The van der Waals surface area contributed by atoms with E-state index in [4.69, 9.17) is 0 Å². The summed E-state index contributed by atoms with van der Waals surface area (Å²) < 4.78 is 69.5. The maximum Gasteiger partial charge on any atom is 0.416 e. The first-order valence-electron chi connectivity index (χ1n) is 11.5. The molecule has 0 fully saturated rings. The summed E-state index contributed by atoms with van der Waals surface area (Å²) in [6, 6.07) is 16.9. The average molecular weight is 530 g/mol. The maximum absolute atomic E-state index is 14.0. The van der Waals surface area contributed by atoms with Crippen LogP contribution in [0.4, 0.5) is 13.2 Å². The molecule has 194 valence electrons. The van der Waals surface area contributed by atoms with Gasteiger partial charge in [-0.1, -0.05) is 52.0 Å². The van der Waals surface area contributed by atoms with Crippen LogP contribution in [0.25, 0.3) is 10.9 Å². The van der Waals surface area contributed by atoms with Gasteiger partial charge in [0, 0.05) is 17.0 Å². The minimum Gasteiger partial charge on any atom is -0.478 e. The van der Waals surface area contributed by atoms with Gasteiger partial charge in [0.05, 0.1) is 21.5 Å². The molecule has 0 aliphatic heterocycles. The normalized spacial score (nSPS) is 13.6. The number of carboxylic acid groups (broad SMARTS) is 1. The van der Waals surface area contributed by atoms with E-state index >= 15 is 0 Å². The SMILES string of the molecule is C[C@H](c1ccc(C(=O)O)cc1)c1cc2cc(C(F)(F)F)ccc2n1S(=O)(=O)c1cccc(C(C)(C)C)c1. The lowest BCUT2D eigenvalue weighted by Crippen LogP contribution is -2.19. The molecule has 0 amide bonds. The number of aromatic nitrogens is 1. The summed E-state index contributed by atoms with van der Waals surface area (Å²) in [5, 5.41) is 9.33. The van der Waals surface area contributed by atoms with Crippen molar-refractivity contribution in [2.45, 2.75) is 50.1 Å². The quantitative estimate of drug-likeness (QED) is 0.301. The Morgan fingerprint density at radius 1 is 0.892 bits per heavy atom. The number of aromatic carboxylic acids is 1. The number of fused-ring (bicyclic) bond motifs is 1. The Morgan fingerprint density at radius 3 is 2.11 bits per heavy atom. The van der Waals surface area contributed by atoms with E-state index in [1.165, 1.54) is 30.3 Å². The second kappa shape index (κ2) is 9.06. The van der Waals surface area contributed by atoms with Gasteiger partial charge in [0.1, 0.15) is 0 Å². The first-order chi connectivity index (χ1) is 17.1. The summed E-state index contributed by atoms with van der Waals surface area (Å²) in [7, 11) is -4.22. The number of hydrogen-bond acceptors (Lipinski definition) is 3. The molecule has 0 bridgehead atoms. The number of carboxylic acids is 1. The van der Waals surface area contributed by atoms with E-state index in [9.17, 15) is 31.5 Å². The molecular formula is C28H26F3NO4S. The third-order valence-electron chi connectivity index (χ3n) is 6.45. The summed E-state index contributed by atoms with van der Waals surface area (Å²) >= 11 is 0. The zero-order chi connectivity index (χ0) is 27.3. The molecule has 0 saturated heterocycles. The molecule has 4 aromatic rings. The molecule has 9 heteroatoms. The number of nitrogens with zero attached hydrogens (tertiary/aromatic N) is 1. The zero-order valence-electron chi connectivity index (χ0n) is 20.7. The van der Waals surface area contributed by atoms with Gasteiger partial charge in [0.15, 0.2) is 0 Å². The lowest BCUT2D eigenvalue weighted by Gasteiger charge is -2.21. The van der Waals surface area contributed by atoms with Crippen molar-refractivity contribution in [1.29, 1.82) is 0 Å². The van der Waals surface area contributed by atoms with Crippen molar-refractivity contribution < 1.29 is 31.5 Å². The summed E-state index contributed by atoms with van der Waals surface area (Å²) in [4.78, 5) is 11.3. The molecule has 1 N–H and O–H groups in total. The molecule has 0 spiro atoms. The second-order valence-corrected chi connectivity index (χ2v) is 11.8. The molecule has 4 rings (SSSR count). The minimum absolute atomic E-state index is 0.0204. The van der Waals surface area contributed by atoms with Crippen molar-refractivity contribution in [2.75, 3.05) is 0 Å². The molecule has 5 nitrogen and oxygen atoms in total. The predicted octanol–water partition coefficient (Wildman–Crippen LogP) is 7.04. The molecule has 1 aromatic heterocycles. The number of rotatable bonds is 5. The monoisotopic (exact) mass is 529 g/mol. The fourth-order valence-corrected chi connectivity index (χ4v) is 5.92. The van der Waals surface area contributed by atoms with Crippen LogP contribution in [0.5, 0.6) is 0 Å². The van der Waals surface area contributed by atoms with Gasteiger partial charge in [-0.25, -0.2) is 17.2 Å². The largest absolute Gasteiger partial charge is 0.478 e. The van der Waals surface area contributed by atoms with Gasteiger partial charge < -0.3 is 5.11 Å². The van der Waals surface area contributed by atoms with Gasteiger partial charge in [0.2, 0.25) is 0 Å². The van der Waals surface area contributed by atoms with Crippen molar-refractivity contribution in [1.82, 2.24) is 3.97 Å². The lowest BCUT2D eigenvalue weighted by molar-refractivity contribution is -0.137. The Kier molecular flexibility index (Phi) is 6.48. The van der Waals surface area contributed by atoms with Crippen LogP contribution in [0, 0.1) is 0 Å². The molecule has 0 saturated carbocycles. The fourth-order valence-electron chi connectivity index (χ4n) is 4.27. The Balaban J connectivity index is 1.97. The minimum atomic E-state index is -4.59. The third kappa shape index (κ3) is 5.00. The fraction of sp³-hybridized carbons (Fsp3) is 0.250. The van der Waals surface area contributed by atoms with E-state index < -0.39 is 33.7 Å². The van der Waals surface area contributed by atoms with Gasteiger partial charge in [-0.05, 0) is 65.1 Å². The van der Waals surface area contributed by atoms with Crippen molar-refractivity contribution in [3.8, 4) is 0 Å². The van der Waals surface area contributed by atoms with Crippen LogP contribution in [0.2, 0.25) is 0 Å². The summed E-state index contributed by atoms with van der Waals surface area (Å²) in [6.45, 7) is 7.59. The van der Waals surface area contributed by atoms with Crippen molar-refractivity contribution in [3.05, 3.63) is 101 Å². The van der Waals surface area contributed by atoms with Crippen molar-refractivity contribution in [3.63, 3.8) is 0 Å². The molecule has 0 aliphatic carbocycles. The standard InChI is InChI=1S/C28H26F3NO4S/c1-17(18-8-10-19(11-9-18)26(33)34)25-15-20-14-22(28(29,30)31)12-13-24(20)32(25)37(35,36)23-7-5-6-21(16-23)27(2,3)4/h5-17H,1-4H3,(H,33,34)/t17-/m1/s1.